The highest BCUT2D eigenvalue weighted by Gasteiger charge is 2.24. The zero-order valence-electron chi connectivity index (χ0n) is 18.0. The van der Waals surface area contributed by atoms with E-state index in [1.165, 1.54) is 17.5 Å². The number of carboxylic acid groups (broad SMARTS) is 1. The maximum Gasteiger partial charge on any atom is 0.309 e. The molecule has 2 aliphatic rings. The third-order valence-corrected chi connectivity index (χ3v) is 5.94. The zero-order valence-corrected chi connectivity index (χ0v) is 18.0. The fourth-order valence-electron chi connectivity index (χ4n) is 4.06. The van der Waals surface area contributed by atoms with Gasteiger partial charge in [-0.15, -0.1) is 0 Å². The van der Waals surface area contributed by atoms with Crippen molar-refractivity contribution in [1.82, 2.24) is 20.2 Å². The Morgan fingerprint density at radius 1 is 1.10 bits per heavy atom. The molecule has 1 aliphatic carbocycles. The van der Waals surface area contributed by atoms with E-state index in [0.29, 0.717) is 11.6 Å². The Morgan fingerprint density at radius 2 is 1.90 bits per heavy atom. The number of nitrogens with zero attached hydrogens (tertiary/aromatic N) is 5. The molecule has 1 saturated heterocycles. The molecule has 2 aromatic heterocycles. The maximum absolute atomic E-state index is 10.7. The number of hydrogen-bond donors (Lipinski definition) is 1. The third kappa shape index (κ3) is 5.23. The smallest absolute Gasteiger partial charge is 0.309 e. The highest BCUT2D eigenvalue weighted by atomic mass is 16.4. The van der Waals surface area contributed by atoms with Crippen molar-refractivity contribution in [3.63, 3.8) is 0 Å². The molecule has 3 heterocycles. The summed E-state index contributed by atoms with van der Waals surface area (Å²) >= 11 is 0. The first-order valence-corrected chi connectivity index (χ1v) is 10.6. The van der Waals surface area contributed by atoms with Crippen molar-refractivity contribution in [2.45, 2.75) is 45.4 Å². The number of carboxylic acids is 1. The van der Waals surface area contributed by atoms with Crippen LogP contribution in [0.25, 0.3) is 0 Å². The van der Waals surface area contributed by atoms with E-state index < -0.39 is 5.97 Å². The SMILES string of the molecule is Cc1cccc2c1C2.Cc1ccnnc1C1CCN(c2cnc(CC(=O)O)cn2)CC1. The number of rotatable bonds is 4. The summed E-state index contributed by atoms with van der Waals surface area (Å²) in [6, 6.07) is 8.50. The van der Waals surface area contributed by atoms with Crippen molar-refractivity contribution in [2.75, 3.05) is 18.0 Å². The summed E-state index contributed by atoms with van der Waals surface area (Å²) in [6.45, 7) is 6.01. The topological polar surface area (TPSA) is 92.1 Å². The van der Waals surface area contributed by atoms with E-state index >= 15 is 0 Å². The van der Waals surface area contributed by atoms with Crippen LogP contribution >= 0.6 is 0 Å². The van der Waals surface area contributed by atoms with Crippen molar-refractivity contribution in [3.8, 4) is 0 Å². The van der Waals surface area contributed by atoms with Gasteiger partial charge in [-0.2, -0.15) is 10.2 Å². The number of carbonyl (C=O) groups is 1. The number of aliphatic carboxylic acids is 1. The van der Waals surface area contributed by atoms with Gasteiger partial charge < -0.3 is 10.0 Å². The monoisotopic (exact) mass is 417 g/mol. The quantitative estimate of drug-likeness (QED) is 0.543. The molecule has 0 radical (unpaired) electrons. The number of anilines is 1. The third-order valence-electron chi connectivity index (χ3n) is 5.94. The minimum Gasteiger partial charge on any atom is -0.481 e. The van der Waals surface area contributed by atoms with Crippen LogP contribution in [0.3, 0.4) is 0 Å². The van der Waals surface area contributed by atoms with Crippen LogP contribution in [0.2, 0.25) is 0 Å². The molecule has 5 rings (SSSR count). The molecule has 0 spiro atoms. The van der Waals surface area contributed by atoms with E-state index in [0.717, 1.165) is 37.4 Å². The van der Waals surface area contributed by atoms with Gasteiger partial charge in [0.1, 0.15) is 5.82 Å². The van der Waals surface area contributed by atoms with Gasteiger partial charge in [0.25, 0.3) is 0 Å². The second-order valence-electron chi connectivity index (χ2n) is 8.19. The van der Waals surface area contributed by atoms with Gasteiger partial charge in [0.15, 0.2) is 0 Å². The van der Waals surface area contributed by atoms with Crippen molar-refractivity contribution in [3.05, 3.63) is 76.5 Å². The molecule has 3 aromatic rings. The molecule has 160 valence electrons. The molecular weight excluding hydrogens is 390 g/mol. The highest BCUT2D eigenvalue weighted by molar-refractivity contribution is 5.69. The first-order valence-electron chi connectivity index (χ1n) is 10.6. The summed E-state index contributed by atoms with van der Waals surface area (Å²) in [4.78, 5) is 21.4. The van der Waals surface area contributed by atoms with Crippen LogP contribution in [0.4, 0.5) is 5.82 Å². The maximum atomic E-state index is 10.7. The van der Waals surface area contributed by atoms with E-state index in [-0.39, 0.29) is 6.42 Å². The molecule has 0 bridgehead atoms. The van der Waals surface area contributed by atoms with Gasteiger partial charge in [0.2, 0.25) is 0 Å². The lowest BCUT2D eigenvalue weighted by Crippen LogP contribution is -2.34. The van der Waals surface area contributed by atoms with Gasteiger partial charge in [0, 0.05) is 25.2 Å². The Balaban J connectivity index is 0.000000239. The first-order chi connectivity index (χ1) is 15.0. The van der Waals surface area contributed by atoms with E-state index in [4.69, 9.17) is 5.11 Å². The lowest BCUT2D eigenvalue weighted by Gasteiger charge is -2.32. The summed E-state index contributed by atoms with van der Waals surface area (Å²) in [5.74, 6) is 0.333. The van der Waals surface area contributed by atoms with Crippen LogP contribution in [-0.2, 0) is 17.6 Å². The summed E-state index contributed by atoms with van der Waals surface area (Å²) < 4.78 is 0. The molecular formula is C24H27N5O2. The van der Waals surface area contributed by atoms with Crippen LogP contribution in [0.5, 0.6) is 0 Å². The minimum atomic E-state index is -0.896. The molecule has 1 fully saturated rings. The fourth-order valence-corrected chi connectivity index (χ4v) is 4.06. The minimum absolute atomic E-state index is 0.0959. The molecule has 7 nitrogen and oxygen atoms in total. The largest absolute Gasteiger partial charge is 0.481 e. The van der Waals surface area contributed by atoms with Crippen molar-refractivity contribution in [1.29, 1.82) is 0 Å². The number of fused-ring (bicyclic) bond motifs is 1. The Bertz CT molecular complexity index is 1060. The Labute approximate surface area is 182 Å². The molecule has 1 aromatic carbocycles. The van der Waals surface area contributed by atoms with Gasteiger partial charge >= 0.3 is 5.97 Å². The van der Waals surface area contributed by atoms with Gasteiger partial charge in [-0.25, -0.2) is 4.98 Å². The number of aryl methyl sites for hydroxylation is 2. The summed E-state index contributed by atoms with van der Waals surface area (Å²) in [7, 11) is 0. The Morgan fingerprint density at radius 3 is 2.52 bits per heavy atom. The Kier molecular flexibility index (Phi) is 6.21. The fraction of sp³-hybridized carbons (Fsp3) is 0.375. The van der Waals surface area contributed by atoms with Gasteiger partial charge in [-0.1, -0.05) is 18.2 Å². The standard InChI is InChI=1S/C16H19N5O2.C8H8/c1-11-2-5-19-20-16(11)12-3-6-21(7-4-12)14-10-17-13(9-18-14)8-15(22)23;1-6-3-2-4-7-5-8(6)7/h2,5,9-10,12H,3-4,6-8H2,1H3,(H,22,23);2-4H,5H2,1H3. The lowest BCUT2D eigenvalue weighted by molar-refractivity contribution is -0.136. The summed E-state index contributed by atoms with van der Waals surface area (Å²) in [5, 5.41) is 17.0. The molecule has 0 unspecified atom stereocenters. The summed E-state index contributed by atoms with van der Waals surface area (Å²) in [5.41, 5.74) is 7.35. The van der Waals surface area contributed by atoms with E-state index in [1.54, 1.807) is 29.7 Å². The van der Waals surface area contributed by atoms with E-state index in [1.807, 2.05) is 6.07 Å². The van der Waals surface area contributed by atoms with Crippen LogP contribution in [0.15, 0.2) is 42.9 Å². The van der Waals surface area contributed by atoms with Crippen LogP contribution < -0.4 is 4.90 Å². The number of hydrogen-bond acceptors (Lipinski definition) is 6. The molecule has 0 atom stereocenters. The second kappa shape index (κ2) is 9.20. The zero-order chi connectivity index (χ0) is 21.8. The number of piperidine rings is 1. The van der Waals surface area contributed by atoms with Crippen molar-refractivity contribution >= 4 is 11.8 Å². The van der Waals surface area contributed by atoms with Crippen molar-refractivity contribution < 1.29 is 9.90 Å². The predicted molar refractivity (Wildman–Crippen MR) is 118 cm³/mol. The second-order valence-corrected chi connectivity index (χ2v) is 8.19. The molecule has 0 saturated carbocycles. The average molecular weight is 418 g/mol. The van der Waals surface area contributed by atoms with Crippen LogP contribution in [0, 0.1) is 13.8 Å². The molecule has 0 amide bonds. The van der Waals surface area contributed by atoms with Gasteiger partial charge in [-0.05, 0) is 61.4 Å². The predicted octanol–water partition coefficient (Wildman–Crippen LogP) is 3.49. The van der Waals surface area contributed by atoms with Crippen LogP contribution in [-0.4, -0.2) is 44.3 Å². The summed E-state index contributed by atoms with van der Waals surface area (Å²) in [6.07, 6.45) is 8.08. The van der Waals surface area contributed by atoms with Gasteiger partial charge in [-0.3, -0.25) is 9.78 Å². The lowest BCUT2D eigenvalue weighted by atomic mass is 9.91. The highest BCUT2D eigenvalue weighted by Crippen LogP contribution is 2.30. The van der Waals surface area contributed by atoms with E-state index in [2.05, 4.69) is 57.1 Å². The number of benzene rings is 1. The van der Waals surface area contributed by atoms with E-state index in [9.17, 15) is 4.79 Å². The average Bonchev–Trinajstić information content (AvgIpc) is 3.56. The molecule has 31 heavy (non-hydrogen) atoms. The molecule has 1 N–H and O–H groups in total. The van der Waals surface area contributed by atoms with Gasteiger partial charge in [0.05, 0.1) is 30.2 Å². The Hall–Kier alpha value is -3.35. The molecule has 7 heteroatoms. The number of aromatic nitrogens is 4. The van der Waals surface area contributed by atoms with Crippen molar-refractivity contribution in [2.24, 2.45) is 0 Å². The molecule has 1 aliphatic heterocycles. The first kappa shape index (κ1) is 20.9. The van der Waals surface area contributed by atoms with Crippen LogP contribution in [0.1, 0.15) is 52.4 Å². The normalized spacial score (nSPS) is 15.0.